The van der Waals surface area contributed by atoms with E-state index >= 15 is 0 Å². The Bertz CT molecular complexity index is 764. The van der Waals surface area contributed by atoms with Crippen LogP contribution in [0.4, 0.5) is 5.69 Å². The maximum atomic E-state index is 11.8. The molecule has 25 heavy (non-hydrogen) atoms. The lowest BCUT2D eigenvalue weighted by molar-refractivity contribution is -0.142. The van der Waals surface area contributed by atoms with Gasteiger partial charge in [-0.3, -0.25) is 4.79 Å². The van der Waals surface area contributed by atoms with Crippen molar-refractivity contribution in [1.82, 2.24) is 0 Å². The highest BCUT2D eigenvalue weighted by molar-refractivity contribution is 5.94. The van der Waals surface area contributed by atoms with Crippen LogP contribution in [0.2, 0.25) is 0 Å². The molecule has 132 valence electrons. The monoisotopic (exact) mass is 341 g/mol. The third-order valence-electron chi connectivity index (χ3n) is 3.53. The van der Waals surface area contributed by atoms with Crippen LogP contribution in [0, 0.1) is 6.92 Å². The van der Waals surface area contributed by atoms with E-state index in [2.05, 4.69) is 26.1 Å². The number of benzene rings is 1. The number of anilines is 1. The summed E-state index contributed by atoms with van der Waals surface area (Å²) in [6.45, 7) is 7.84. The molecule has 0 aliphatic rings. The second-order valence-electron chi connectivity index (χ2n) is 6.76. The predicted molar refractivity (Wildman–Crippen MR) is 97.2 cm³/mol. The minimum absolute atomic E-state index is 0.0525. The van der Waals surface area contributed by atoms with Crippen molar-refractivity contribution in [3.63, 3.8) is 0 Å². The summed E-state index contributed by atoms with van der Waals surface area (Å²) in [7, 11) is 0. The molecule has 0 radical (unpaired) electrons. The van der Waals surface area contributed by atoms with Crippen molar-refractivity contribution in [2.45, 2.75) is 33.1 Å². The molecule has 0 fully saturated rings. The van der Waals surface area contributed by atoms with Gasteiger partial charge in [0.15, 0.2) is 6.61 Å². The van der Waals surface area contributed by atoms with Crippen molar-refractivity contribution in [1.29, 1.82) is 0 Å². The third kappa shape index (κ3) is 5.95. The number of aryl methyl sites for hydroxylation is 1. The molecule has 1 heterocycles. The smallest absolute Gasteiger partial charge is 0.331 e. The number of carbonyl (C=O) groups excluding carboxylic acids is 2. The Kier molecular flexibility index (Phi) is 5.80. The Morgan fingerprint density at radius 1 is 1.12 bits per heavy atom. The fourth-order valence-electron chi connectivity index (χ4n) is 2.13. The summed E-state index contributed by atoms with van der Waals surface area (Å²) in [6.07, 6.45) is 2.72. The van der Waals surface area contributed by atoms with E-state index < -0.39 is 5.97 Å². The van der Waals surface area contributed by atoms with Crippen molar-refractivity contribution in [2.24, 2.45) is 0 Å². The lowest BCUT2D eigenvalue weighted by Gasteiger charge is -2.19. The maximum absolute atomic E-state index is 11.8. The molecule has 0 spiro atoms. The molecule has 0 unspecified atom stereocenters. The molecule has 0 bridgehead atoms. The minimum Gasteiger partial charge on any atom is -0.462 e. The number of amides is 1. The molecule has 5 heteroatoms. The van der Waals surface area contributed by atoms with E-state index in [1.807, 2.05) is 31.2 Å². The molecule has 1 N–H and O–H groups in total. The van der Waals surface area contributed by atoms with Gasteiger partial charge < -0.3 is 14.5 Å². The molecule has 2 rings (SSSR count). The normalized spacial score (nSPS) is 11.5. The minimum atomic E-state index is -0.604. The molecule has 0 aliphatic heterocycles. The van der Waals surface area contributed by atoms with Gasteiger partial charge in [-0.2, -0.15) is 0 Å². The van der Waals surface area contributed by atoms with Crippen LogP contribution < -0.4 is 5.32 Å². The van der Waals surface area contributed by atoms with Crippen molar-refractivity contribution in [3.8, 4) is 0 Å². The molecule has 1 aromatic heterocycles. The quantitative estimate of drug-likeness (QED) is 0.657. The largest absolute Gasteiger partial charge is 0.462 e. The summed E-state index contributed by atoms with van der Waals surface area (Å²) in [5.41, 5.74) is 1.89. The van der Waals surface area contributed by atoms with Crippen molar-refractivity contribution in [3.05, 3.63) is 59.6 Å². The van der Waals surface area contributed by atoms with E-state index in [-0.39, 0.29) is 17.9 Å². The van der Waals surface area contributed by atoms with Crippen LogP contribution in [-0.4, -0.2) is 18.5 Å². The number of furan rings is 1. The van der Waals surface area contributed by atoms with E-state index in [4.69, 9.17) is 9.15 Å². The average molecular weight is 341 g/mol. The van der Waals surface area contributed by atoms with Gasteiger partial charge in [0.25, 0.3) is 5.91 Å². The number of ether oxygens (including phenoxy) is 1. The zero-order valence-electron chi connectivity index (χ0n) is 15.0. The van der Waals surface area contributed by atoms with Crippen molar-refractivity contribution >= 4 is 23.6 Å². The highest BCUT2D eigenvalue weighted by Crippen LogP contribution is 2.23. The van der Waals surface area contributed by atoms with E-state index in [0.29, 0.717) is 11.4 Å². The number of rotatable bonds is 5. The Balaban J connectivity index is 1.80. The number of esters is 1. The lowest BCUT2D eigenvalue weighted by Crippen LogP contribution is -2.20. The first-order chi connectivity index (χ1) is 11.7. The number of carbonyl (C=O) groups is 2. The first-order valence-electron chi connectivity index (χ1n) is 8.06. The fourth-order valence-corrected chi connectivity index (χ4v) is 2.13. The Morgan fingerprint density at radius 3 is 2.36 bits per heavy atom. The Morgan fingerprint density at radius 2 is 1.80 bits per heavy atom. The summed E-state index contributed by atoms with van der Waals surface area (Å²) < 4.78 is 10.2. The molecule has 0 saturated heterocycles. The summed E-state index contributed by atoms with van der Waals surface area (Å²) >= 11 is 0. The van der Waals surface area contributed by atoms with Gasteiger partial charge in [0.1, 0.15) is 11.5 Å². The first kappa shape index (κ1) is 18.5. The molecule has 5 nitrogen and oxygen atoms in total. The number of nitrogens with one attached hydrogen (secondary N) is 1. The van der Waals surface area contributed by atoms with Crippen LogP contribution in [0.5, 0.6) is 0 Å². The third-order valence-corrected chi connectivity index (χ3v) is 3.53. The Hall–Kier alpha value is -2.82. The maximum Gasteiger partial charge on any atom is 0.331 e. The lowest BCUT2D eigenvalue weighted by atomic mass is 9.87. The molecule has 0 saturated carbocycles. The summed E-state index contributed by atoms with van der Waals surface area (Å²) in [5.74, 6) is 0.314. The van der Waals surface area contributed by atoms with E-state index in [1.165, 1.54) is 17.7 Å². The van der Waals surface area contributed by atoms with Crippen molar-refractivity contribution < 1.29 is 18.7 Å². The van der Waals surface area contributed by atoms with Gasteiger partial charge in [-0.1, -0.05) is 32.9 Å². The summed E-state index contributed by atoms with van der Waals surface area (Å²) in [4.78, 5) is 23.4. The molecule has 0 aliphatic carbocycles. The Labute approximate surface area is 147 Å². The van der Waals surface area contributed by atoms with Gasteiger partial charge in [-0.25, -0.2) is 4.79 Å². The van der Waals surface area contributed by atoms with Gasteiger partial charge in [0.05, 0.1) is 0 Å². The zero-order chi connectivity index (χ0) is 18.4. The molecule has 2 aromatic rings. The molecular weight excluding hydrogens is 318 g/mol. The topological polar surface area (TPSA) is 68.5 Å². The second-order valence-corrected chi connectivity index (χ2v) is 6.76. The highest BCUT2D eigenvalue weighted by Gasteiger charge is 2.13. The summed E-state index contributed by atoms with van der Waals surface area (Å²) in [6, 6.07) is 11.1. The van der Waals surface area contributed by atoms with Crippen LogP contribution in [0.15, 0.2) is 46.9 Å². The van der Waals surface area contributed by atoms with E-state index in [0.717, 1.165) is 5.76 Å². The van der Waals surface area contributed by atoms with Crippen LogP contribution >= 0.6 is 0 Å². The SMILES string of the molecule is Cc1ccc(C=CC(=O)OCC(=O)Nc2ccc(C(C)(C)C)cc2)o1. The molecule has 0 atom stereocenters. The van der Waals surface area contributed by atoms with Crippen LogP contribution in [0.3, 0.4) is 0 Å². The van der Waals surface area contributed by atoms with Crippen LogP contribution in [0.25, 0.3) is 6.08 Å². The summed E-state index contributed by atoms with van der Waals surface area (Å²) in [5, 5.41) is 2.69. The number of hydrogen-bond acceptors (Lipinski definition) is 4. The second kappa shape index (κ2) is 7.83. The molecular formula is C20H23NO4. The van der Waals surface area contributed by atoms with Crippen LogP contribution in [0.1, 0.15) is 37.9 Å². The van der Waals surface area contributed by atoms with Gasteiger partial charge >= 0.3 is 5.97 Å². The van der Waals surface area contributed by atoms with Gasteiger partial charge in [-0.15, -0.1) is 0 Å². The fraction of sp³-hybridized carbons (Fsp3) is 0.300. The van der Waals surface area contributed by atoms with Gasteiger partial charge in [0, 0.05) is 11.8 Å². The van der Waals surface area contributed by atoms with E-state index in [1.54, 1.807) is 12.1 Å². The standard InChI is InChI=1S/C20H23NO4/c1-14-5-10-17(25-14)11-12-19(23)24-13-18(22)21-16-8-6-15(7-9-16)20(2,3)4/h5-12H,13H2,1-4H3,(H,21,22). The van der Waals surface area contributed by atoms with Gasteiger partial charge in [-0.05, 0) is 48.2 Å². The molecule has 1 aromatic carbocycles. The highest BCUT2D eigenvalue weighted by atomic mass is 16.5. The van der Waals surface area contributed by atoms with Crippen molar-refractivity contribution in [2.75, 3.05) is 11.9 Å². The molecule has 1 amide bonds. The average Bonchev–Trinajstić information content (AvgIpc) is 2.96. The predicted octanol–water partition coefficient (Wildman–Crippen LogP) is 4.08. The van der Waals surface area contributed by atoms with Crippen LogP contribution in [-0.2, 0) is 19.7 Å². The van der Waals surface area contributed by atoms with E-state index in [9.17, 15) is 9.59 Å². The number of hydrogen-bond donors (Lipinski definition) is 1. The first-order valence-corrected chi connectivity index (χ1v) is 8.06. The van der Waals surface area contributed by atoms with Gasteiger partial charge in [0.2, 0.25) is 0 Å². The zero-order valence-corrected chi connectivity index (χ0v) is 15.0.